The van der Waals surface area contributed by atoms with Gasteiger partial charge in [0.25, 0.3) is 5.91 Å². The lowest BCUT2D eigenvalue weighted by molar-refractivity contribution is 0.0385. The van der Waals surface area contributed by atoms with Gasteiger partial charge < -0.3 is 4.90 Å². The topological polar surface area (TPSA) is 55.4 Å². The van der Waals surface area contributed by atoms with Crippen LogP contribution in [0.4, 0.5) is 13.2 Å². The molecule has 4 aromatic rings. The maximum absolute atomic E-state index is 14.0. The first-order chi connectivity index (χ1) is 16.3. The minimum Gasteiger partial charge on any atom is -0.325 e. The van der Waals surface area contributed by atoms with Gasteiger partial charge in [-0.25, -0.2) is 18.2 Å². The van der Waals surface area contributed by atoms with Crippen molar-refractivity contribution < 1.29 is 18.0 Å². The quantitative estimate of drug-likeness (QED) is 0.402. The van der Waals surface area contributed by atoms with Gasteiger partial charge in [-0.15, -0.1) is 0 Å². The van der Waals surface area contributed by atoms with Crippen LogP contribution >= 0.6 is 0 Å². The second kappa shape index (κ2) is 7.44. The van der Waals surface area contributed by atoms with Gasteiger partial charge in [0.05, 0.1) is 23.6 Å². The summed E-state index contributed by atoms with van der Waals surface area (Å²) < 4.78 is 44.9. The lowest BCUT2D eigenvalue weighted by atomic mass is 9.81. The van der Waals surface area contributed by atoms with Crippen molar-refractivity contribution in [3.8, 4) is 11.3 Å². The highest BCUT2D eigenvalue weighted by Gasteiger charge is 2.44. The summed E-state index contributed by atoms with van der Waals surface area (Å²) >= 11 is 0. The summed E-state index contributed by atoms with van der Waals surface area (Å²) in [6, 6.07) is 5.55. The predicted molar refractivity (Wildman–Crippen MR) is 119 cm³/mol. The lowest BCUT2D eigenvalue weighted by Gasteiger charge is -2.45. The number of imidazole rings is 1. The molecule has 2 atom stereocenters. The normalized spacial score (nSPS) is 19.5. The van der Waals surface area contributed by atoms with E-state index in [1.165, 1.54) is 0 Å². The minimum atomic E-state index is -1.49. The van der Waals surface area contributed by atoms with Crippen molar-refractivity contribution in [2.75, 3.05) is 0 Å². The first kappa shape index (κ1) is 20.9. The van der Waals surface area contributed by atoms with Gasteiger partial charge >= 0.3 is 0 Å². The Morgan fingerprint density at radius 2 is 1.88 bits per heavy atom. The molecule has 0 saturated carbocycles. The zero-order valence-electron chi connectivity index (χ0n) is 18.7. The molecule has 1 amide bonds. The molecule has 5 heterocycles. The Labute approximate surface area is 193 Å². The van der Waals surface area contributed by atoms with Crippen LogP contribution in [0.25, 0.3) is 16.9 Å². The molecule has 6 nitrogen and oxygen atoms in total. The van der Waals surface area contributed by atoms with Crippen LogP contribution in [0, 0.1) is 24.4 Å². The summed E-state index contributed by atoms with van der Waals surface area (Å²) in [4.78, 5) is 20.1. The molecule has 2 aliphatic rings. The molecular formula is C25H22F3N5O. The molecule has 6 rings (SSSR count). The molecule has 2 bridgehead atoms. The number of nitrogens with zero attached hydrogens (tertiary/aromatic N) is 5. The number of aryl methyl sites for hydroxylation is 2. The van der Waals surface area contributed by atoms with Crippen LogP contribution in [0.5, 0.6) is 0 Å². The average Bonchev–Trinajstić information content (AvgIpc) is 3.36. The SMILES string of the molecule is Cc1ccn2c(C(=O)N3C4CCCC3c3nn(C)c(-c5cc(F)c(F)c(F)c5)c3C4)cnc2c1. The summed E-state index contributed by atoms with van der Waals surface area (Å²) in [7, 11) is 1.70. The van der Waals surface area contributed by atoms with Crippen LogP contribution in [0.15, 0.2) is 36.7 Å². The van der Waals surface area contributed by atoms with Crippen molar-refractivity contribution in [2.45, 2.75) is 44.7 Å². The molecule has 0 radical (unpaired) electrons. The van der Waals surface area contributed by atoms with Crippen molar-refractivity contribution >= 4 is 11.6 Å². The van der Waals surface area contributed by atoms with Crippen LogP contribution in [0.1, 0.15) is 52.6 Å². The van der Waals surface area contributed by atoms with E-state index in [0.717, 1.165) is 48.2 Å². The minimum absolute atomic E-state index is 0.0761. The summed E-state index contributed by atoms with van der Waals surface area (Å²) in [5.74, 6) is -4.07. The Morgan fingerprint density at radius 1 is 1.12 bits per heavy atom. The Hall–Kier alpha value is -3.62. The number of hydrogen-bond acceptors (Lipinski definition) is 3. The summed E-state index contributed by atoms with van der Waals surface area (Å²) in [5, 5.41) is 4.68. The summed E-state index contributed by atoms with van der Waals surface area (Å²) in [6.07, 6.45) is 6.49. The number of carbonyl (C=O) groups excluding carboxylic acids is 1. The molecule has 0 aliphatic carbocycles. The van der Waals surface area contributed by atoms with Crippen molar-refractivity contribution in [1.29, 1.82) is 0 Å². The monoisotopic (exact) mass is 465 g/mol. The molecule has 34 heavy (non-hydrogen) atoms. The third-order valence-corrected chi connectivity index (χ3v) is 7.06. The number of pyridine rings is 1. The van der Waals surface area contributed by atoms with E-state index in [1.807, 2.05) is 30.2 Å². The number of amides is 1. The van der Waals surface area contributed by atoms with Gasteiger partial charge in [-0.05, 0) is 62.4 Å². The van der Waals surface area contributed by atoms with Crippen LogP contribution < -0.4 is 0 Å². The fourth-order valence-corrected chi connectivity index (χ4v) is 5.58. The van der Waals surface area contributed by atoms with Crippen molar-refractivity contribution in [1.82, 2.24) is 24.1 Å². The highest BCUT2D eigenvalue weighted by molar-refractivity contribution is 5.94. The number of fused-ring (bicyclic) bond motifs is 5. The molecule has 3 aromatic heterocycles. The van der Waals surface area contributed by atoms with Crippen LogP contribution in [0.2, 0.25) is 0 Å². The molecule has 0 spiro atoms. The zero-order valence-corrected chi connectivity index (χ0v) is 18.7. The maximum atomic E-state index is 14.0. The summed E-state index contributed by atoms with van der Waals surface area (Å²) in [6.45, 7) is 1.98. The number of rotatable bonds is 2. The molecule has 1 saturated heterocycles. The number of carbonyl (C=O) groups is 1. The van der Waals surface area contributed by atoms with E-state index in [9.17, 15) is 18.0 Å². The Morgan fingerprint density at radius 3 is 2.65 bits per heavy atom. The van der Waals surface area contributed by atoms with Gasteiger partial charge in [0.15, 0.2) is 17.5 Å². The molecule has 2 aliphatic heterocycles. The third kappa shape index (κ3) is 2.99. The molecule has 1 aromatic carbocycles. The number of piperidine rings is 1. The third-order valence-electron chi connectivity index (χ3n) is 7.06. The molecule has 2 unspecified atom stereocenters. The largest absolute Gasteiger partial charge is 0.325 e. The highest BCUT2D eigenvalue weighted by atomic mass is 19.2. The van der Waals surface area contributed by atoms with E-state index < -0.39 is 17.5 Å². The average molecular weight is 465 g/mol. The predicted octanol–water partition coefficient (Wildman–Crippen LogP) is 4.75. The van der Waals surface area contributed by atoms with E-state index in [0.29, 0.717) is 23.5 Å². The van der Waals surface area contributed by atoms with Crippen LogP contribution in [-0.2, 0) is 13.5 Å². The van der Waals surface area contributed by atoms with E-state index in [1.54, 1.807) is 22.3 Å². The van der Waals surface area contributed by atoms with Gasteiger partial charge in [-0.3, -0.25) is 13.9 Å². The van der Waals surface area contributed by atoms with Crippen LogP contribution in [0.3, 0.4) is 0 Å². The number of aromatic nitrogens is 4. The molecule has 174 valence electrons. The second-order valence-corrected chi connectivity index (χ2v) is 9.18. The van der Waals surface area contributed by atoms with E-state index >= 15 is 0 Å². The molecule has 1 fully saturated rings. The Kier molecular flexibility index (Phi) is 4.59. The number of benzene rings is 1. The second-order valence-electron chi connectivity index (χ2n) is 9.18. The molecular weight excluding hydrogens is 443 g/mol. The Balaban J connectivity index is 1.44. The van der Waals surface area contributed by atoms with E-state index in [-0.39, 0.29) is 23.6 Å². The first-order valence-electron chi connectivity index (χ1n) is 11.3. The lowest BCUT2D eigenvalue weighted by Crippen LogP contribution is -2.50. The standard InChI is InChI=1S/C25H22F3N5O/c1-13-6-7-32-20(12-29-21(32)8-13)25(34)33-15-4-3-5-19(33)23-16(11-15)24(31(2)30-23)14-9-17(26)22(28)18(27)10-14/h6-10,12,15,19H,3-5,11H2,1-2H3. The molecule has 9 heteroatoms. The zero-order chi connectivity index (χ0) is 23.7. The first-order valence-corrected chi connectivity index (χ1v) is 11.3. The van der Waals surface area contributed by atoms with Crippen molar-refractivity contribution in [3.05, 3.63) is 76.6 Å². The smallest absolute Gasteiger partial charge is 0.273 e. The maximum Gasteiger partial charge on any atom is 0.273 e. The number of halogens is 3. The van der Waals surface area contributed by atoms with Crippen molar-refractivity contribution in [2.24, 2.45) is 7.05 Å². The number of hydrogen-bond donors (Lipinski definition) is 0. The fourth-order valence-electron chi connectivity index (χ4n) is 5.58. The summed E-state index contributed by atoms with van der Waals surface area (Å²) in [5.41, 5.74) is 4.66. The van der Waals surface area contributed by atoms with E-state index in [2.05, 4.69) is 10.1 Å². The van der Waals surface area contributed by atoms with Gasteiger partial charge in [0.1, 0.15) is 11.3 Å². The van der Waals surface area contributed by atoms with Gasteiger partial charge in [-0.2, -0.15) is 5.10 Å². The molecule has 0 N–H and O–H groups in total. The van der Waals surface area contributed by atoms with E-state index in [4.69, 9.17) is 0 Å². The van der Waals surface area contributed by atoms with Gasteiger partial charge in [0.2, 0.25) is 0 Å². The van der Waals surface area contributed by atoms with Crippen molar-refractivity contribution in [3.63, 3.8) is 0 Å². The van der Waals surface area contributed by atoms with Crippen LogP contribution in [-0.4, -0.2) is 36.0 Å². The fraction of sp³-hybridized carbons (Fsp3) is 0.320. The Bertz CT molecular complexity index is 1450. The van der Waals surface area contributed by atoms with Gasteiger partial charge in [-0.1, -0.05) is 0 Å². The highest BCUT2D eigenvalue weighted by Crippen LogP contribution is 2.45. The van der Waals surface area contributed by atoms with Gasteiger partial charge in [0, 0.05) is 30.4 Å².